The van der Waals surface area contributed by atoms with Crippen molar-refractivity contribution in [2.45, 2.75) is 26.4 Å². The zero-order valence-electron chi connectivity index (χ0n) is 11.9. The molecular weight excluding hydrogens is 258 g/mol. The maximum Gasteiger partial charge on any atom is 0.303 e. The van der Waals surface area contributed by atoms with Crippen molar-refractivity contribution in [3.05, 3.63) is 35.4 Å². The number of carboxylic acid groups (broad SMARTS) is 1. The van der Waals surface area contributed by atoms with Gasteiger partial charge in [0.15, 0.2) is 0 Å². The third-order valence-electron chi connectivity index (χ3n) is 2.96. The highest BCUT2D eigenvalue weighted by Crippen LogP contribution is 2.08. The molecule has 0 aliphatic heterocycles. The largest absolute Gasteiger partial charge is 0.481 e. The Balaban J connectivity index is 2.46. The molecule has 1 aromatic rings. The van der Waals surface area contributed by atoms with Gasteiger partial charge in [0.05, 0.1) is 6.61 Å². The summed E-state index contributed by atoms with van der Waals surface area (Å²) in [7, 11) is 1.61. The van der Waals surface area contributed by atoms with E-state index in [9.17, 15) is 9.59 Å². The van der Waals surface area contributed by atoms with Crippen molar-refractivity contribution in [1.82, 2.24) is 5.32 Å². The lowest BCUT2D eigenvalue weighted by Gasteiger charge is -2.12. The average Bonchev–Trinajstić information content (AvgIpc) is 2.43. The third kappa shape index (κ3) is 5.84. The summed E-state index contributed by atoms with van der Waals surface area (Å²) in [6, 6.07) is 7.25. The Morgan fingerprint density at radius 3 is 2.80 bits per heavy atom. The van der Waals surface area contributed by atoms with E-state index >= 15 is 0 Å². The van der Waals surface area contributed by atoms with Crippen LogP contribution in [0.15, 0.2) is 24.3 Å². The van der Waals surface area contributed by atoms with Gasteiger partial charge in [0, 0.05) is 25.6 Å². The van der Waals surface area contributed by atoms with Gasteiger partial charge in [-0.05, 0) is 30.0 Å². The van der Waals surface area contributed by atoms with E-state index in [0.29, 0.717) is 25.1 Å². The molecule has 2 N–H and O–H groups in total. The third-order valence-corrected chi connectivity index (χ3v) is 2.96. The fourth-order valence-electron chi connectivity index (χ4n) is 1.81. The molecule has 1 atom stereocenters. The number of methoxy groups -OCH3 is 1. The van der Waals surface area contributed by atoms with Gasteiger partial charge in [0.1, 0.15) is 0 Å². The first-order valence-corrected chi connectivity index (χ1v) is 6.60. The van der Waals surface area contributed by atoms with E-state index < -0.39 is 5.97 Å². The topological polar surface area (TPSA) is 75.6 Å². The first-order valence-electron chi connectivity index (χ1n) is 6.60. The zero-order chi connectivity index (χ0) is 15.0. The first kappa shape index (κ1) is 16.2. The summed E-state index contributed by atoms with van der Waals surface area (Å²) in [6.07, 6.45) is 0.680. The van der Waals surface area contributed by atoms with Crippen LogP contribution in [0.2, 0.25) is 0 Å². The van der Waals surface area contributed by atoms with E-state index in [2.05, 4.69) is 5.32 Å². The van der Waals surface area contributed by atoms with Gasteiger partial charge in [-0.3, -0.25) is 9.59 Å². The number of ether oxygens (including phenoxy) is 1. The predicted molar refractivity (Wildman–Crippen MR) is 75.5 cm³/mol. The Labute approximate surface area is 118 Å². The number of hydrogen-bond acceptors (Lipinski definition) is 3. The van der Waals surface area contributed by atoms with Crippen molar-refractivity contribution >= 4 is 11.9 Å². The maximum atomic E-state index is 12.0. The number of amides is 1. The van der Waals surface area contributed by atoms with Crippen LogP contribution in [0.3, 0.4) is 0 Å². The normalized spacial score (nSPS) is 11.9. The quantitative estimate of drug-likeness (QED) is 0.763. The second-order valence-electron chi connectivity index (χ2n) is 4.88. The monoisotopic (exact) mass is 279 g/mol. The molecule has 5 nitrogen and oxygen atoms in total. The molecule has 0 bridgehead atoms. The fraction of sp³-hybridized carbons (Fsp3) is 0.467. The van der Waals surface area contributed by atoms with Crippen molar-refractivity contribution in [2.75, 3.05) is 13.7 Å². The van der Waals surface area contributed by atoms with Gasteiger partial charge in [-0.1, -0.05) is 19.1 Å². The minimum absolute atomic E-state index is 0.125. The number of hydrogen-bond donors (Lipinski definition) is 2. The molecule has 1 unspecified atom stereocenters. The second kappa shape index (κ2) is 8.32. The van der Waals surface area contributed by atoms with Crippen LogP contribution in [0.4, 0.5) is 0 Å². The Morgan fingerprint density at radius 2 is 2.15 bits per heavy atom. The number of aliphatic carboxylic acids is 1. The fourth-order valence-corrected chi connectivity index (χ4v) is 1.81. The standard InChI is InChI=1S/C15H21NO4/c1-11(6-7-14(17)18)9-16-15(19)13-5-3-4-12(8-13)10-20-2/h3-5,8,11H,6-7,9-10H2,1-2H3,(H,16,19)(H,17,18). The first-order chi connectivity index (χ1) is 9.52. The van der Waals surface area contributed by atoms with Crippen molar-refractivity contribution in [1.29, 1.82) is 0 Å². The van der Waals surface area contributed by atoms with Crippen LogP contribution in [-0.4, -0.2) is 30.6 Å². The molecule has 1 amide bonds. The predicted octanol–water partition coefficient (Wildman–Crippen LogP) is 2.06. The SMILES string of the molecule is COCc1cccc(C(=O)NCC(C)CCC(=O)O)c1. The molecule has 0 radical (unpaired) electrons. The Morgan fingerprint density at radius 1 is 1.40 bits per heavy atom. The molecule has 1 aromatic carbocycles. The van der Waals surface area contributed by atoms with Gasteiger partial charge in [0.2, 0.25) is 0 Å². The van der Waals surface area contributed by atoms with Crippen LogP contribution in [0.5, 0.6) is 0 Å². The molecule has 0 heterocycles. The summed E-state index contributed by atoms with van der Waals surface area (Å²) in [5, 5.41) is 11.4. The van der Waals surface area contributed by atoms with Crippen molar-refractivity contribution in [3.63, 3.8) is 0 Å². The summed E-state index contributed by atoms with van der Waals surface area (Å²) in [6.45, 7) is 2.86. The molecule has 5 heteroatoms. The second-order valence-corrected chi connectivity index (χ2v) is 4.88. The maximum absolute atomic E-state index is 12.0. The number of rotatable bonds is 8. The highest BCUT2D eigenvalue weighted by atomic mass is 16.5. The molecule has 0 saturated heterocycles. The zero-order valence-corrected chi connectivity index (χ0v) is 11.9. The lowest BCUT2D eigenvalue weighted by molar-refractivity contribution is -0.137. The van der Waals surface area contributed by atoms with Crippen molar-refractivity contribution in [3.8, 4) is 0 Å². The van der Waals surface area contributed by atoms with Crippen LogP contribution in [0, 0.1) is 5.92 Å². The summed E-state index contributed by atoms with van der Waals surface area (Å²) in [4.78, 5) is 22.4. The lowest BCUT2D eigenvalue weighted by atomic mass is 10.1. The van der Waals surface area contributed by atoms with E-state index in [1.807, 2.05) is 19.1 Å². The Bertz CT molecular complexity index is 459. The van der Waals surface area contributed by atoms with E-state index in [0.717, 1.165) is 5.56 Å². The van der Waals surface area contributed by atoms with E-state index in [4.69, 9.17) is 9.84 Å². The lowest BCUT2D eigenvalue weighted by Crippen LogP contribution is -2.28. The number of nitrogens with one attached hydrogen (secondary N) is 1. The minimum atomic E-state index is -0.810. The van der Waals surface area contributed by atoms with Crippen LogP contribution in [0.1, 0.15) is 35.7 Å². The number of benzene rings is 1. The van der Waals surface area contributed by atoms with Gasteiger partial charge in [-0.15, -0.1) is 0 Å². The van der Waals surface area contributed by atoms with Gasteiger partial charge < -0.3 is 15.2 Å². The highest BCUT2D eigenvalue weighted by molar-refractivity contribution is 5.94. The molecular formula is C15H21NO4. The summed E-state index contributed by atoms with van der Waals surface area (Å²) < 4.78 is 5.03. The minimum Gasteiger partial charge on any atom is -0.481 e. The van der Waals surface area contributed by atoms with Gasteiger partial charge in [0.25, 0.3) is 5.91 Å². The van der Waals surface area contributed by atoms with Crippen LogP contribution in [-0.2, 0) is 16.1 Å². The van der Waals surface area contributed by atoms with Crippen LogP contribution < -0.4 is 5.32 Å². The van der Waals surface area contributed by atoms with Gasteiger partial charge >= 0.3 is 5.97 Å². The summed E-state index contributed by atoms with van der Waals surface area (Å²) >= 11 is 0. The number of carbonyl (C=O) groups is 2. The Hall–Kier alpha value is -1.88. The molecule has 20 heavy (non-hydrogen) atoms. The van der Waals surface area contributed by atoms with Gasteiger partial charge in [-0.2, -0.15) is 0 Å². The highest BCUT2D eigenvalue weighted by Gasteiger charge is 2.09. The molecule has 0 fully saturated rings. The van der Waals surface area contributed by atoms with E-state index in [1.165, 1.54) is 0 Å². The molecule has 0 saturated carbocycles. The van der Waals surface area contributed by atoms with Crippen LogP contribution >= 0.6 is 0 Å². The Kier molecular flexibility index (Phi) is 6.73. The van der Waals surface area contributed by atoms with E-state index in [-0.39, 0.29) is 18.2 Å². The number of carbonyl (C=O) groups excluding carboxylic acids is 1. The van der Waals surface area contributed by atoms with E-state index in [1.54, 1.807) is 19.2 Å². The van der Waals surface area contributed by atoms with Crippen molar-refractivity contribution < 1.29 is 19.4 Å². The number of carboxylic acids is 1. The van der Waals surface area contributed by atoms with Crippen LogP contribution in [0.25, 0.3) is 0 Å². The molecule has 0 spiro atoms. The molecule has 0 aliphatic carbocycles. The molecule has 1 rings (SSSR count). The van der Waals surface area contributed by atoms with Gasteiger partial charge in [-0.25, -0.2) is 0 Å². The average molecular weight is 279 g/mol. The summed E-state index contributed by atoms with van der Waals surface area (Å²) in [5.74, 6) is -0.822. The van der Waals surface area contributed by atoms with Crippen molar-refractivity contribution in [2.24, 2.45) is 5.92 Å². The summed E-state index contributed by atoms with van der Waals surface area (Å²) in [5.41, 5.74) is 1.53. The molecule has 110 valence electrons. The molecule has 0 aromatic heterocycles. The molecule has 0 aliphatic rings. The smallest absolute Gasteiger partial charge is 0.303 e.